The summed E-state index contributed by atoms with van der Waals surface area (Å²) in [5.74, 6) is 1.46. The second kappa shape index (κ2) is 12.9. The Kier molecular flexibility index (Phi) is 9.09. The fourth-order valence-corrected chi connectivity index (χ4v) is 6.40. The van der Waals surface area contributed by atoms with Gasteiger partial charge in [0.25, 0.3) is 0 Å². The number of methoxy groups -OCH3 is 3. The Labute approximate surface area is 248 Å². The molecule has 1 heterocycles. The number of carbonyl (C=O) groups is 2. The van der Waals surface area contributed by atoms with Gasteiger partial charge in [0.05, 0.1) is 33.5 Å². The molecule has 1 saturated carbocycles. The molecular weight excluding hydrogens is 534 g/mol. The molecule has 1 aliphatic heterocycles. The van der Waals surface area contributed by atoms with Crippen molar-refractivity contribution in [3.05, 3.63) is 70.1 Å². The fourth-order valence-electron chi connectivity index (χ4n) is 6.40. The van der Waals surface area contributed by atoms with E-state index >= 15 is 0 Å². The third-order valence-electron chi connectivity index (χ3n) is 8.49. The van der Waals surface area contributed by atoms with Crippen molar-refractivity contribution in [2.45, 2.75) is 76.7 Å². The summed E-state index contributed by atoms with van der Waals surface area (Å²) in [7, 11) is 4.81. The van der Waals surface area contributed by atoms with Gasteiger partial charge in [0.15, 0.2) is 28.8 Å². The fraction of sp³-hybridized carbons (Fsp3) is 0.471. The van der Waals surface area contributed by atoms with Gasteiger partial charge in [0.2, 0.25) is 0 Å². The second-order valence-corrected chi connectivity index (χ2v) is 11.2. The van der Waals surface area contributed by atoms with Gasteiger partial charge in [-0.25, -0.2) is 4.79 Å². The average Bonchev–Trinajstić information content (AvgIpc) is 3.51. The third kappa shape index (κ3) is 5.85. The van der Waals surface area contributed by atoms with E-state index in [-0.39, 0.29) is 23.8 Å². The lowest BCUT2D eigenvalue weighted by molar-refractivity contribution is -0.144. The molecule has 2 aliphatic carbocycles. The Morgan fingerprint density at radius 2 is 1.52 bits per heavy atom. The van der Waals surface area contributed by atoms with E-state index in [1.54, 1.807) is 21.3 Å². The first kappa shape index (κ1) is 29.5. The van der Waals surface area contributed by atoms with Crippen LogP contribution in [0.25, 0.3) is 0 Å². The van der Waals surface area contributed by atoms with Gasteiger partial charge < -0.3 is 29.0 Å². The SMILES string of the molecule is CCCOc1ccc([C@@H]2C(C(=O)OC3CCCC3)=C(C)NC3=C2C(=O)C[C@@H](c2ccc(OC)c(OC)c2)C3)cc1OC. The van der Waals surface area contributed by atoms with Crippen molar-refractivity contribution >= 4 is 11.8 Å². The van der Waals surface area contributed by atoms with Crippen molar-refractivity contribution < 1.29 is 33.3 Å². The Hall–Kier alpha value is -3.94. The summed E-state index contributed by atoms with van der Waals surface area (Å²) in [6.07, 6.45) is 5.55. The standard InChI is InChI=1S/C34H41NO7/c1-6-15-41-28-14-12-22(19-30(28)40-5)32-31(34(37)42-24-9-7-8-10-24)20(2)35-25-16-23(17-26(36)33(25)32)21-11-13-27(38-3)29(18-21)39-4/h11-14,18-19,23-24,32,35H,6-10,15-17H2,1-5H3/t23-,32+/m0/s1. The van der Waals surface area contributed by atoms with Crippen LogP contribution in [0, 0.1) is 0 Å². The topological polar surface area (TPSA) is 92.3 Å². The van der Waals surface area contributed by atoms with Gasteiger partial charge in [-0.2, -0.15) is 0 Å². The molecule has 0 spiro atoms. The molecule has 5 rings (SSSR count). The van der Waals surface area contributed by atoms with Crippen molar-refractivity contribution in [2.24, 2.45) is 0 Å². The van der Waals surface area contributed by atoms with Crippen LogP contribution in [-0.2, 0) is 14.3 Å². The highest BCUT2D eigenvalue weighted by molar-refractivity contribution is 6.04. The number of hydrogen-bond acceptors (Lipinski definition) is 8. The van der Waals surface area contributed by atoms with Gasteiger partial charge in [-0.1, -0.05) is 19.1 Å². The molecule has 2 atom stereocenters. The van der Waals surface area contributed by atoms with Crippen LogP contribution in [0.1, 0.15) is 81.8 Å². The van der Waals surface area contributed by atoms with Gasteiger partial charge in [-0.3, -0.25) is 4.79 Å². The van der Waals surface area contributed by atoms with Crippen molar-refractivity contribution in [1.82, 2.24) is 5.32 Å². The number of nitrogens with one attached hydrogen (secondary N) is 1. The normalized spacial score (nSPS) is 20.6. The molecule has 42 heavy (non-hydrogen) atoms. The number of ether oxygens (including phenoxy) is 5. The van der Waals surface area contributed by atoms with Crippen LogP contribution in [0.4, 0.5) is 0 Å². The molecule has 0 unspecified atom stereocenters. The van der Waals surface area contributed by atoms with Crippen LogP contribution in [0.15, 0.2) is 58.9 Å². The second-order valence-electron chi connectivity index (χ2n) is 11.2. The highest BCUT2D eigenvalue weighted by atomic mass is 16.5. The average molecular weight is 576 g/mol. The van der Waals surface area contributed by atoms with Crippen LogP contribution in [-0.4, -0.2) is 45.8 Å². The van der Waals surface area contributed by atoms with Crippen LogP contribution >= 0.6 is 0 Å². The maximum atomic E-state index is 14.1. The minimum atomic E-state index is -0.580. The van der Waals surface area contributed by atoms with E-state index < -0.39 is 5.92 Å². The van der Waals surface area contributed by atoms with E-state index in [0.717, 1.165) is 48.9 Å². The first-order chi connectivity index (χ1) is 20.4. The monoisotopic (exact) mass is 575 g/mol. The summed E-state index contributed by atoms with van der Waals surface area (Å²) < 4.78 is 28.5. The lowest BCUT2D eigenvalue weighted by Crippen LogP contribution is -2.36. The molecular formula is C34H41NO7. The number of esters is 1. The zero-order chi connectivity index (χ0) is 29.8. The predicted molar refractivity (Wildman–Crippen MR) is 159 cm³/mol. The van der Waals surface area contributed by atoms with Crippen molar-refractivity contribution in [3.8, 4) is 23.0 Å². The van der Waals surface area contributed by atoms with E-state index in [0.29, 0.717) is 59.3 Å². The smallest absolute Gasteiger partial charge is 0.337 e. The summed E-state index contributed by atoms with van der Waals surface area (Å²) in [5, 5.41) is 3.45. The highest BCUT2D eigenvalue weighted by Gasteiger charge is 2.42. The molecule has 1 fully saturated rings. The van der Waals surface area contributed by atoms with Gasteiger partial charge in [-0.15, -0.1) is 0 Å². The lowest BCUT2D eigenvalue weighted by Gasteiger charge is -2.37. The molecule has 0 saturated heterocycles. The summed E-state index contributed by atoms with van der Waals surface area (Å²) in [6, 6.07) is 11.5. The minimum absolute atomic E-state index is 0.00234. The number of benzene rings is 2. The van der Waals surface area contributed by atoms with Crippen LogP contribution in [0.5, 0.6) is 23.0 Å². The quantitative estimate of drug-likeness (QED) is 0.328. The van der Waals surface area contributed by atoms with Crippen LogP contribution < -0.4 is 24.3 Å². The molecule has 0 radical (unpaired) electrons. The first-order valence-electron chi connectivity index (χ1n) is 14.9. The summed E-state index contributed by atoms with van der Waals surface area (Å²) in [5.41, 5.74) is 4.41. The zero-order valence-corrected chi connectivity index (χ0v) is 25.2. The Bertz CT molecular complexity index is 1400. The largest absolute Gasteiger partial charge is 0.493 e. The molecule has 0 aromatic heterocycles. The molecule has 224 valence electrons. The molecule has 0 amide bonds. The van der Waals surface area contributed by atoms with E-state index in [1.165, 1.54) is 0 Å². The van der Waals surface area contributed by atoms with Crippen molar-refractivity contribution in [1.29, 1.82) is 0 Å². The summed E-state index contributed by atoms with van der Waals surface area (Å²) in [4.78, 5) is 27.8. The van der Waals surface area contributed by atoms with Crippen molar-refractivity contribution in [2.75, 3.05) is 27.9 Å². The Balaban J connectivity index is 1.55. The first-order valence-corrected chi connectivity index (χ1v) is 14.9. The molecule has 1 N–H and O–H groups in total. The molecule has 2 aromatic rings. The van der Waals surface area contributed by atoms with Crippen LogP contribution in [0.3, 0.4) is 0 Å². The number of Topliss-reactive ketones (excluding diaryl/α,β-unsaturated/α-hetero) is 1. The number of allylic oxidation sites excluding steroid dienone is 3. The number of ketones is 1. The van der Waals surface area contributed by atoms with Gasteiger partial charge in [0.1, 0.15) is 6.10 Å². The number of dihydropyridines is 1. The zero-order valence-electron chi connectivity index (χ0n) is 25.2. The molecule has 8 nitrogen and oxygen atoms in total. The molecule has 2 aromatic carbocycles. The predicted octanol–water partition coefficient (Wildman–Crippen LogP) is 6.35. The van der Waals surface area contributed by atoms with Crippen molar-refractivity contribution in [3.63, 3.8) is 0 Å². The van der Waals surface area contributed by atoms with E-state index in [9.17, 15) is 9.59 Å². The minimum Gasteiger partial charge on any atom is -0.493 e. The third-order valence-corrected chi connectivity index (χ3v) is 8.49. The molecule has 8 heteroatoms. The van der Waals surface area contributed by atoms with Gasteiger partial charge in [-0.05, 0) is 86.8 Å². The molecule has 3 aliphatic rings. The maximum Gasteiger partial charge on any atom is 0.337 e. The van der Waals surface area contributed by atoms with E-state index in [2.05, 4.69) is 5.32 Å². The summed E-state index contributed by atoms with van der Waals surface area (Å²) >= 11 is 0. The number of carbonyl (C=O) groups excluding carboxylic acids is 2. The Morgan fingerprint density at radius 1 is 0.881 bits per heavy atom. The van der Waals surface area contributed by atoms with Gasteiger partial charge in [0, 0.05) is 29.3 Å². The van der Waals surface area contributed by atoms with E-state index in [1.807, 2.05) is 50.2 Å². The maximum absolute atomic E-state index is 14.1. The highest BCUT2D eigenvalue weighted by Crippen LogP contribution is 2.48. The number of hydrogen-bond donors (Lipinski definition) is 1. The Morgan fingerprint density at radius 3 is 2.21 bits per heavy atom. The summed E-state index contributed by atoms with van der Waals surface area (Å²) in [6.45, 7) is 4.50. The molecule has 0 bridgehead atoms. The van der Waals surface area contributed by atoms with Gasteiger partial charge >= 0.3 is 5.97 Å². The number of rotatable bonds is 10. The van der Waals surface area contributed by atoms with E-state index in [4.69, 9.17) is 23.7 Å². The van der Waals surface area contributed by atoms with Crippen LogP contribution in [0.2, 0.25) is 0 Å². The lowest BCUT2D eigenvalue weighted by atomic mass is 9.71.